The first kappa shape index (κ1) is 14.5. The molecule has 1 rings (SSSR count). The molecule has 0 fully saturated rings. The molecule has 0 amide bonds. The smallest absolute Gasteiger partial charge is 0.230 e. The third kappa shape index (κ3) is 4.72. The van der Waals surface area contributed by atoms with E-state index < -0.39 is 5.54 Å². The molecule has 0 saturated heterocycles. The minimum Gasteiger partial charge on any atom is -0.349 e. The zero-order chi connectivity index (χ0) is 14.0. The highest BCUT2D eigenvalue weighted by Crippen LogP contribution is 2.16. The summed E-state index contributed by atoms with van der Waals surface area (Å²) in [7, 11) is 0. The maximum absolute atomic E-state index is 8.95. The van der Waals surface area contributed by atoms with Crippen molar-refractivity contribution in [2.24, 2.45) is 0 Å². The molecule has 0 aliphatic carbocycles. The highest BCUT2D eigenvalue weighted by Gasteiger charge is 2.19. The second-order valence-electron chi connectivity index (χ2n) is 5.49. The largest absolute Gasteiger partial charge is 0.349 e. The summed E-state index contributed by atoms with van der Waals surface area (Å²) < 4.78 is 0. The van der Waals surface area contributed by atoms with Crippen LogP contribution in [-0.2, 0) is 0 Å². The summed E-state index contributed by atoms with van der Waals surface area (Å²) in [4.78, 5) is 12.1. The van der Waals surface area contributed by atoms with Gasteiger partial charge in [-0.1, -0.05) is 0 Å². The van der Waals surface area contributed by atoms with Crippen LogP contribution in [0.4, 0.5) is 11.9 Å². The van der Waals surface area contributed by atoms with Crippen molar-refractivity contribution in [1.29, 1.82) is 5.26 Å². The van der Waals surface area contributed by atoms with Gasteiger partial charge in [-0.2, -0.15) is 20.2 Å². The van der Waals surface area contributed by atoms with E-state index in [0.717, 1.165) is 0 Å². The van der Waals surface area contributed by atoms with Crippen LogP contribution in [0.3, 0.4) is 0 Å². The molecule has 7 heteroatoms. The molecule has 1 aromatic heterocycles. The van der Waals surface area contributed by atoms with Crippen molar-refractivity contribution < 1.29 is 0 Å². The first-order chi connectivity index (χ1) is 8.11. The lowest BCUT2D eigenvalue weighted by Gasteiger charge is -2.22. The van der Waals surface area contributed by atoms with Crippen LogP contribution in [0.15, 0.2) is 0 Å². The first-order valence-corrected chi connectivity index (χ1v) is 5.88. The van der Waals surface area contributed by atoms with E-state index >= 15 is 0 Å². The third-order valence-electron chi connectivity index (χ3n) is 1.80. The van der Waals surface area contributed by atoms with Crippen molar-refractivity contribution in [1.82, 2.24) is 15.0 Å². The molecule has 6 nitrogen and oxygen atoms in total. The summed E-state index contributed by atoms with van der Waals surface area (Å²) in [5.74, 6) is 0.645. The second-order valence-corrected chi connectivity index (χ2v) is 5.83. The van der Waals surface area contributed by atoms with Crippen LogP contribution in [0.1, 0.15) is 34.6 Å². The van der Waals surface area contributed by atoms with Crippen LogP contribution in [-0.4, -0.2) is 26.0 Å². The van der Waals surface area contributed by atoms with E-state index in [0.29, 0.717) is 5.95 Å². The zero-order valence-electron chi connectivity index (χ0n) is 11.2. The van der Waals surface area contributed by atoms with Gasteiger partial charge in [-0.25, -0.2) is 0 Å². The van der Waals surface area contributed by atoms with Crippen LogP contribution in [0.5, 0.6) is 0 Å². The van der Waals surface area contributed by atoms with E-state index in [2.05, 4.69) is 31.7 Å². The summed E-state index contributed by atoms with van der Waals surface area (Å²) in [6.07, 6.45) is 0. The Hall–Kier alpha value is -1.61. The van der Waals surface area contributed by atoms with Crippen LogP contribution >= 0.6 is 11.6 Å². The Morgan fingerprint density at radius 2 is 1.50 bits per heavy atom. The fraction of sp³-hybridized carbons (Fsp3) is 0.636. The highest BCUT2D eigenvalue weighted by atomic mass is 35.5. The standard InChI is InChI=1S/C11H17ClN6/c1-10(2,3)17-8-14-7(12)15-9(16-8)18-11(4,5)6-13/h1-5H3,(H2,14,15,16,17,18). The van der Waals surface area contributed by atoms with Gasteiger partial charge in [0, 0.05) is 5.54 Å². The van der Waals surface area contributed by atoms with E-state index in [1.165, 1.54) is 0 Å². The van der Waals surface area contributed by atoms with E-state index in [1.807, 2.05) is 20.8 Å². The van der Waals surface area contributed by atoms with E-state index in [4.69, 9.17) is 16.9 Å². The number of nitrogens with zero attached hydrogens (tertiary/aromatic N) is 4. The van der Waals surface area contributed by atoms with Gasteiger partial charge in [0.1, 0.15) is 5.54 Å². The van der Waals surface area contributed by atoms with Gasteiger partial charge in [0.15, 0.2) is 0 Å². The van der Waals surface area contributed by atoms with E-state index in [1.54, 1.807) is 13.8 Å². The molecule has 0 spiro atoms. The van der Waals surface area contributed by atoms with E-state index in [-0.39, 0.29) is 16.8 Å². The van der Waals surface area contributed by atoms with Gasteiger partial charge in [-0.15, -0.1) is 0 Å². The normalized spacial score (nSPS) is 11.8. The van der Waals surface area contributed by atoms with Crippen LogP contribution in [0.25, 0.3) is 0 Å². The van der Waals surface area contributed by atoms with Gasteiger partial charge in [-0.3, -0.25) is 0 Å². The number of nitriles is 1. The monoisotopic (exact) mass is 268 g/mol. The second kappa shape index (κ2) is 4.94. The number of anilines is 2. The molecule has 2 N–H and O–H groups in total. The molecule has 0 radical (unpaired) electrons. The summed E-state index contributed by atoms with van der Waals surface area (Å²) in [6, 6.07) is 2.10. The number of hydrogen-bond acceptors (Lipinski definition) is 6. The lowest BCUT2D eigenvalue weighted by atomic mass is 10.1. The predicted octanol–water partition coefficient (Wildman–Crippen LogP) is 2.45. The Morgan fingerprint density at radius 3 is 1.94 bits per heavy atom. The molecule has 0 unspecified atom stereocenters. The maximum Gasteiger partial charge on any atom is 0.230 e. The minimum atomic E-state index is -0.774. The van der Waals surface area contributed by atoms with Gasteiger partial charge in [0.2, 0.25) is 17.2 Å². The predicted molar refractivity (Wildman–Crippen MR) is 71.5 cm³/mol. The average Bonchev–Trinajstić information content (AvgIpc) is 2.12. The van der Waals surface area contributed by atoms with Crippen molar-refractivity contribution >= 4 is 23.5 Å². The van der Waals surface area contributed by atoms with Gasteiger partial charge < -0.3 is 10.6 Å². The highest BCUT2D eigenvalue weighted by molar-refractivity contribution is 6.28. The van der Waals surface area contributed by atoms with Crippen LogP contribution in [0, 0.1) is 11.3 Å². The molecule has 0 aliphatic heterocycles. The van der Waals surface area contributed by atoms with Crippen molar-refractivity contribution in [3.63, 3.8) is 0 Å². The number of halogens is 1. The fourth-order valence-electron chi connectivity index (χ4n) is 1.10. The minimum absolute atomic E-state index is 0.0768. The van der Waals surface area contributed by atoms with Gasteiger partial charge >= 0.3 is 0 Å². The van der Waals surface area contributed by atoms with Crippen LogP contribution < -0.4 is 10.6 Å². The summed E-state index contributed by atoms with van der Waals surface area (Å²) in [5.41, 5.74) is -0.962. The summed E-state index contributed by atoms with van der Waals surface area (Å²) in [6.45, 7) is 9.40. The van der Waals surface area contributed by atoms with Crippen molar-refractivity contribution in [2.45, 2.75) is 45.7 Å². The quantitative estimate of drug-likeness (QED) is 0.876. The molecule has 98 valence electrons. The molecular weight excluding hydrogens is 252 g/mol. The lowest BCUT2D eigenvalue weighted by Crippen LogP contribution is -2.31. The van der Waals surface area contributed by atoms with Gasteiger partial charge in [0.25, 0.3) is 0 Å². The van der Waals surface area contributed by atoms with E-state index in [9.17, 15) is 0 Å². The molecule has 0 aromatic carbocycles. The molecule has 0 saturated carbocycles. The Kier molecular flexibility index (Phi) is 3.97. The van der Waals surface area contributed by atoms with Gasteiger partial charge in [-0.05, 0) is 46.2 Å². The SMILES string of the molecule is CC(C)(C)Nc1nc(Cl)nc(NC(C)(C)C#N)n1. The number of nitrogens with one attached hydrogen (secondary N) is 2. The third-order valence-corrected chi connectivity index (χ3v) is 1.97. The van der Waals surface area contributed by atoms with Crippen molar-refractivity contribution in [3.05, 3.63) is 5.28 Å². The lowest BCUT2D eigenvalue weighted by molar-refractivity contribution is 0.624. The van der Waals surface area contributed by atoms with Crippen molar-refractivity contribution in [3.8, 4) is 6.07 Å². The molecule has 0 aliphatic rings. The molecule has 1 aromatic rings. The first-order valence-electron chi connectivity index (χ1n) is 5.50. The molecule has 1 heterocycles. The Labute approximate surface area is 112 Å². The molecular formula is C11H17ClN6. The summed E-state index contributed by atoms with van der Waals surface area (Å²) >= 11 is 5.83. The zero-order valence-corrected chi connectivity index (χ0v) is 11.9. The number of aromatic nitrogens is 3. The Morgan fingerprint density at radius 1 is 1.00 bits per heavy atom. The summed E-state index contributed by atoms with van der Waals surface area (Å²) in [5, 5.41) is 15.0. The number of hydrogen-bond donors (Lipinski definition) is 2. The average molecular weight is 269 g/mol. The molecule has 18 heavy (non-hydrogen) atoms. The van der Waals surface area contributed by atoms with Gasteiger partial charge in [0.05, 0.1) is 6.07 Å². The Balaban J connectivity index is 2.99. The Bertz CT molecular complexity index is 471. The molecule has 0 bridgehead atoms. The van der Waals surface area contributed by atoms with Crippen LogP contribution in [0.2, 0.25) is 5.28 Å². The number of rotatable bonds is 3. The topological polar surface area (TPSA) is 86.5 Å². The maximum atomic E-state index is 8.95. The fourth-order valence-corrected chi connectivity index (χ4v) is 1.26. The molecule has 0 atom stereocenters. The van der Waals surface area contributed by atoms with Crippen molar-refractivity contribution in [2.75, 3.05) is 10.6 Å².